The summed E-state index contributed by atoms with van der Waals surface area (Å²) in [5.41, 5.74) is 6.12. The van der Waals surface area contributed by atoms with E-state index in [1.54, 1.807) is 12.3 Å². The number of aryl methyl sites for hydroxylation is 1. The van der Waals surface area contributed by atoms with E-state index in [-0.39, 0.29) is 18.0 Å². The van der Waals surface area contributed by atoms with Crippen LogP contribution in [-0.4, -0.2) is 27.1 Å². The molecule has 0 saturated carbocycles. The largest absolute Gasteiger partial charge is 0.480 e. The third-order valence-corrected chi connectivity index (χ3v) is 3.26. The molecule has 0 aliphatic rings. The lowest BCUT2D eigenvalue weighted by Crippen LogP contribution is -2.32. The van der Waals surface area contributed by atoms with E-state index in [9.17, 15) is 4.79 Å². The predicted molar refractivity (Wildman–Crippen MR) is 66.4 cm³/mol. The van der Waals surface area contributed by atoms with Crippen molar-refractivity contribution in [3.8, 4) is 17.7 Å². The zero-order valence-electron chi connectivity index (χ0n) is 9.95. The molecule has 1 atom stereocenters. The summed E-state index contributed by atoms with van der Waals surface area (Å²) in [5.74, 6) is -0.398. The first-order chi connectivity index (χ1) is 9.01. The van der Waals surface area contributed by atoms with Crippen LogP contribution in [0.4, 0.5) is 0 Å². The zero-order valence-corrected chi connectivity index (χ0v) is 10.8. The van der Waals surface area contributed by atoms with E-state index in [4.69, 9.17) is 20.5 Å². The van der Waals surface area contributed by atoms with Crippen molar-refractivity contribution >= 4 is 17.3 Å². The molecule has 2 rings (SSSR count). The molecule has 98 valence electrons. The van der Waals surface area contributed by atoms with Gasteiger partial charge in [-0.2, -0.15) is 10.2 Å². The van der Waals surface area contributed by atoms with Crippen molar-refractivity contribution in [1.29, 1.82) is 5.26 Å². The van der Waals surface area contributed by atoms with Crippen LogP contribution in [0.3, 0.4) is 0 Å². The van der Waals surface area contributed by atoms with Crippen molar-refractivity contribution in [3.63, 3.8) is 0 Å². The third kappa shape index (κ3) is 2.78. The lowest BCUT2D eigenvalue weighted by Gasteiger charge is -2.01. The van der Waals surface area contributed by atoms with Gasteiger partial charge in [-0.15, -0.1) is 11.3 Å². The van der Waals surface area contributed by atoms with Gasteiger partial charge in [-0.3, -0.25) is 4.79 Å². The Kier molecular flexibility index (Phi) is 3.59. The second-order valence-corrected chi connectivity index (χ2v) is 4.75. The van der Waals surface area contributed by atoms with E-state index in [0.29, 0.717) is 16.5 Å². The Balaban J connectivity index is 2.21. The van der Waals surface area contributed by atoms with Gasteiger partial charge in [-0.25, -0.2) is 4.98 Å². The van der Waals surface area contributed by atoms with Crippen LogP contribution in [0.15, 0.2) is 9.80 Å². The molecular formula is C11H10N4O3S. The minimum absolute atomic E-state index is 0.144. The molecule has 8 heteroatoms. The smallest absolute Gasteiger partial charge is 0.320 e. The molecule has 3 N–H and O–H groups in total. The number of nitrogens with two attached hydrogens (primary N) is 1. The Labute approximate surface area is 112 Å². The van der Waals surface area contributed by atoms with Crippen molar-refractivity contribution < 1.29 is 14.3 Å². The normalized spacial score (nSPS) is 12.1. The van der Waals surface area contributed by atoms with E-state index < -0.39 is 12.0 Å². The van der Waals surface area contributed by atoms with E-state index in [1.807, 2.05) is 6.07 Å². The molecule has 19 heavy (non-hydrogen) atoms. The van der Waals surface area contributed by atoms with Gasteiger partial charge in [-0.05, 0) is 6.92 Å². The Bertz CT molecular complexity index is 655. The van der Waals surface area contributed by atoms with Gasteiger partial charge in [0.2, 0.25) is 5.89 Å². The number of hydrogen-bond acceptors (Lipinski definition) is 7. The second-order valence-electron chi connectivity index (χ2n) is 3.81. The van der Waals surface area contributed by atoms with Crippen molar-refractivity contribution in [2.24, 2.45) is 5.73 Å². The number of carboxylic acid groups (broad SMARTS) is 1. The molecule has 0 radical (unpaired) electrons. The molecular weight excluding hydrogens is 268 g/mol. The van der Waals surface area contributed by atoms with Gasteiger partial charge in [0.15, 0.2) is 5.69 Å². The van der Waals surface area contributed by atoms with E-state index in [2.05, 4.69) is 9.97 Å². The van der Waals surface area contributed by atoms with Crippen molar-refractivity contribution in [3.05, 3.63) is 21.8 Å². The standard InChI is InChI=1S/C11H10N4O3S/c1-5-7(3-12)15-10(18-5)8-4-19-9(14-8)2-6(13)11(16)17/h4,6H,2,13H2,1H3,(H,16,17)/t6-/m0/s1. The maximum atomic E-state index is 10.7. The maximum Gasteiger partial charge on any atom is 0.320 e. The summed E-state index contributed by atoms with van der Waals surface area (Å²) >= 11 is 1.28. The predicted octanol–water partition coefficient (Wildman–Crippen LogP) is 0.933. The molecule has 2 heterocycles. The summed E-state index contributed by atoms with van der Waals surface area (Å²) in [6.07, 6.45) is 0.144. The Morgan fingerprint density at radius 1 is 1.68 bits per heavy atom. The summed E-state index contributed by atoms with van der Waals surface area (Å²) < 4.78 is 5.32. The SMILES string of the molecule is Cc1oc(-c2csc(C[C@H](N)C(=O)O)n2)nc1C#N. The van der Waals surface area contributed by atoms with E-state index in [0.717, 1.165) is 0 Å². The van der Waals surface area contributed by atoms with Crippen LogP contribution in [0.2, 0.25) is 0 Å². The fourth-order valence-electron chi connectivity index (χ4n) is 1.39. The lowest BCUT2D eigenvalue weighted by molar-refractivity contribution is -0.138. The molecule has 0 saturated heterocycles. The average Bonchev–Trinajstić information content (AvgIpc) is 2.95. The molecule has 0 unspecified atom stereocenters. The molecule has 2 aromatic heterocycles. The van der Waals surface area contributed by atoms with Crippen LogP contribution in [0.1, 0.15) is 16.5 Å². The highest BCUT2D eigenvalue weighted by atomic mass is 32.1. The van der Waals surface area contributed by atoms with Crippen LogP contribution >= 0.6 is 11.3 Å². The van der Waals surface area contributed by atoms with Crippen LogP contribution in [-0.2, 0) is 11.2 Å². The quantitative estimate of drug-likeness (QED) is 0.851. The maximum absolute atomic E-state index is 10.7. The molecule has 0 fully saturated rings. The molecule has 0 aliphatic heterocycles. The van der Waals surface area contributed by atoms with Gasteiger partial charge in [-0.1, -0.05) is 0 Å². The zero-order chi connectivity index (χ0) is 14.0. The first kappa shape index (κ1) is 13.2. The van der Waals surface area contributed by atoms with Gasteiger partial charge in [0.05, 0.1) is 5.01 Å². The molecule has 2 aromatic rings. The van der Waals surface area contributed by atoms with Gasteiger partial charge in [0.25, 0.3) is 0 Å². The topological polar surface area (TPSA) is 126 Å². The van der Waals surface area contributed by atoms with Crippen LogP contribution < -0.4 is 5.73 Å². The van der Waals surface area contributed by atoms with Gasteiger partial charge < -0.3 is 15.3 Å². The number of aliphatic carboxylic acids is 1. The number of nitriles is 1. The van der Waals surface area contributed by atoms with Gasteiger partial charge in [0.1, 0.15) is 23.6 Å². The molecule has 0 bridgehead atoms. The van der Waals surface area contributed by atoms with Crippen LogP contribution in [0.25, 0.3) is 11.6 Å². The fraction of sp³-hybridized carbons (Fsp3) is 0.273. The summed E-state index contributed by atoms with van der Waals surface area (Å²) in [6.45, 7) is 1.64. The van der Waals surface area contributed by atoms with E-state index in [1.165, 1.54) is 11.3 Å². The number of thiazole rings is 1. The fourth-order valence-corrected chi connectivity index (χ4v) is 2.22. The number of aromatic nitrogens is 2. The van der Waals surface area contributed by atoms with Crippen molar-refractivity contribution in [2.45, 2.75) is 19.4 Å². The van der Waals surface area contributed by atoms with Crippen LogP contribution in [0.5, 0.6) is 0 Å². The van der Waals surface area contributed by atoms with Crippen LogP contribution in [0, 0.1) is 18.3 Å². The van der Waals surface area contributed by atoms with Crippen molar-refractivity contribution in [2.75, 3.05) is 0 Å². The van der Waals surface area contributed by atoms with E-state index >= 15 is 0 Å². The summed E-state index contributed by atoms with van der Waals surface area (Å²) in [7, 11) is 0. The summed E-state index contributed by atoms with van der Waals surface area (Å²) in [5, 5.41) is 19.8. The highest BCUT2D eigenvalue weighted by Crippen LogP contribution is 2.23. The molecule has 0 amide bonds. The molecule has 0 aromatic carbocycles. The van der Waals surface area contributed by atoms with Gasteiger partial charge in [0, 0.05) is 11.8 Å². The second kappa shape index (κ2) is 5.17. The number of nitrogens with zero attached hydrogens (tertiary/aromatic N) is 3. The average molecular weight is 278 g/mol. The highest BCUT2D eigenvalue weighted by Gasteiger charge is 2.17. The van der Waals surface area contributed by atoms with Crippen molar-refractivity contribution in [1.82, 2.24) is 9.97 Å². The Morgan fingerprint density at radius 3 is 3.00 bits per heavy atom. The lowest BCUT2D eigenvalue weighted by atomic mass is 10.2. The third-order valence-electron chi connectivity index (χ3n) is 2.39. The number of oxazole rings is 1. The summed E-state index contributed by atoms with van der Waals surface area (Å²) in [6, 6.07) is 0.926. The minimum Gasteiger partial charge on any atom is -0.480 e. The molecule has 0 aliphatic carbocycles. The first-order valence-corrected chi connectivity index (χ1v) is 6.20. The Morgan fingerprint density at radius 2 is 2.42 bits per heavy atom. The van der Waals surface area contributed by atoms with Gasteiger partial charge >= 0.3 is 5.97 Å². The number of rotatable bonds is 4. The minimum atomic E-state index is -1.07. The molecule has 0 spiro atoms. The molecule has 7 nitrogen and oxygen atoms in total. The number of carbonyl (C=O) groups is 1. The first-order valence-electron chi connectivity index (χ1n) is 5.32. The number of hydrogen-bond donors (Lipinski definition) is 2. The Hall–Kier alpha value is -2.24. The highest BCUT2D eigenvalue weighted by molar-refractivity contribution is 7.09. The monoisotopic (exact) mass is 278 g/mol. The number of carboxylic acids is 1. The summed E-state index contributed by atoms with van der Waals surface area (Å²) in [4.78, 5) is 18.8.